The molecule has 7 heteroatoms. The fourth-order valence-corrected chi connectivity index (χ4v) is 2.70. The van der Waals surface area contributed by atoms with Crippen LogP contribution in [0.4, 0.5) is 21.8 Å². The third-order valence-corrected chi connectivity index (χ3v) is 3.95. The Morgan fingerprint density at radius 1 is 1.29 bits per heavy atom. The molecule has 0 aliphatic carbocycles. The first-order valence-electron chi connectivity index (χ1n) is 7.77. The molecule has 6 nitrogen and oxygen atoms in total. The van der Waals surface area contributed by atoms with E-state index in [1.165, 1.54) is 0 Å². The summed E-state index contributed by atoms with van der Waals surface area (Å²) in [5.41, 5.74) is 2.03. The van der Waals surface area contributed by atoms with Crippen LogP contribution in [-0.4, -0.2) is 42.6 Å². The van der Waals surface area contributed by atoms with Crippen molar-refractivity contribution in [1.29, 1.82) is 0 Å². The number of halogens is 1. The molecule has 2 aromatic rings. The second-order valence-electron chi connectivity index (χ2n) is 6.14. The Balaban J connectivity index is 1.72. The number of aromatic nitrogens is 2. The van der Waals surface area contributed by atoms with Gasteiger partial charge in [-0.05, 0) is 19.1 Å². The van der Waals surface area contributed by atoms with Gasteiger partial charge in [-0.25, -0.2) is 9.37 Å². The summed E-state index contributed by atoms with van der Waals surface area (Å²) < 4.78 is 13.7. The van der Waals surface area contributed by atoms with E-state index in [-0.39, 0.29) is 17.8 Å². The van der Waals surface area contributed by atoms with Gasteiger partial charge in [0, 0.05) is 32.7 Å². The van der Waals surface area contributed by atoms with Gasteiger partial charge < -0.3 is 15.1 Å². The number of rotatable bonds is 4. The predicted molar refractivity (Wildman–Crippen MR) is 91.9 cm³/mol. The van der Waals surface area contributed by atoms with Crippen LogP contribution < -0.4 is 15.1 Å². The predicted octanol–water partition coefficient (Wildman–Crippen LogP) is 2.21. The van der Waals surface area contributed by atoms with Crippen LogP contribution >= 0.6 is 0 Å². The lowest BCUT2D eigenvalue weighted by molar-refractivity contribution is -0.117. The summed E-state index contributed by atoms with van der Waals surface area (Å²) in [6.45, 7) is 2.54. The van der Waals surface area contributed by atoms with E-state index in [0.29, 0.717) is 18.9 Å². The van der Waals surface area contributed by atoms with Gasteiger partial charge in [-0.1, -0.05) is 17.7 Å². The molecule has 0 bridgehead atoms. The van der Waals surface area contributed by atoms with E-state index in [4.69, 9.17) is 0 Å². The molecule has 126 valence electrons. The molecule has 1 aliphatic rings. The molecule has 1 atom stereocenters. The van der Waals surface area contributed by atoms with E-state index in [0.717, 1.165) is 17.4 Å². The van der Waals surface area contributed by atoms with Crippen LogP contribution in [0.5, 0.6) is 0 Å². The molecule has 1 N–H and O–H groups in total. The summed E-state index contributed by atoms with van der Waals surface area (Å²) in [6.07, 6.45) is 1.49. The zero-order valence-electron chi connectivity index (χ0n) is 14.0. The van der Waals surface area contributed by atoms with Gasteiger partial charge >= 0.3 is 0 Å². The van der Waals surface area contributed by atoms with E-state index in [1.54, 1.807) is 23.9 Å². The third-order valence-electron chi connectivity index (χ3n) is 3.95. The minimum absolute atomic E-state index is 0.0475. The number of hydrogen-bond acceptors (Lipinski definition) is 5. The van der Waals surface area contributed by atoms with Crippen molar-refractivity contribution in [2.75, 3.05) is 35.8 Å². The van der Waals surface area contributed by atoms with Gasteiger partial charge in [-0.15, -0.1) is 0 Å². The number of aryl methyl sites for hydroxylation is 1. The monoisotopic (exact) mass is 329 g/mol. The molecule has 2 heterocycles. The maximum Gasteiger partial charge on any atom is 0.229 e. The van der Waals surface area contributed by atoms with E-state index in [1.807, 2.05) is 31.2 Å². The molecule has 0 saturated carbocycles. The van der Waals surface area contributed by atoms with Crippen molar-refractivity contribution in [1.82, 2.24) is 9.97 Å². The number of amides is 1. The lowest BCUT2D eigenvalue weighted by Gasteiger charge is -2.18. The van der Waals surface area contributed by atoms with Crippen LogP contribution in [0.1, 0.15) is 12.0 Å². The lowest BCUT2D eigenvalue weighted by atomic mass is 10.2. The fourth-order valence-electron chi connectivity index (χ4n) is 2.70. The number of nitrogens with one attached hydrogen (secondary N) is 1. The Hall–Kier alpha value is -2.70. The van der Waals surface area contributed by atoms with Gasteiger partial charge in [0.05, 0.1) is 12.2 Å². The summed E-state index contributed by atoms with van der Waals surface area (Å²) in [5, 5.41) is 3.13. The molecule has 0 spiro atoms. The van der Waals surface area contributed by atoms with Crippen molar-refractivity contribution in [3.05, 3.63) is 41.8 Å². The van der Waals surface area contributed by atoms with Gasteiger partial charge in [0.1, 0.15) is 0 Å². The van der Waals surface area contributed by atoms with Crippen LogP contribution in [0.2, 0.25) is 0 Å². The second-order valence-corrected chi connectivity index (χ2v) is 6.14. The first-order chi connectivity index (χ1) is 11.4. The Morgan fingerprint density at radius 2 is 2.00 bits per heavy atom. The number of hydrogen-bond donors (Lipinski definition) is 1. The Labute approximate surface area is 140 Å². The fraction of sp³-hybridized carbons (Fsp3) is 0.353. The summed E-state index contributed by atoms with van der Waals surface area (Å²) in [4.78, 5) is 23.7. The second kappa shape index (κ2) is 6.43. The standard InChI is InChI=1S/C17H20FN5O/c1-11-4-6-13(7-5-11)23-10-12(8-15(23)24)20-17-19-9-14(18)16(21-17)22(2)3/h4-7,9,12H,8,10H2,1-3H3,(H,19,20,21). The van der Waals surface area contributed by atoms with E-state index in [2.05, 4.69) is 15.3 Å². The molecular formula is C17H20FN5O. The zero-order chi connectivity index (χ0) is 17.3. The molecule has 1 amide bonds. The molecule has 1 fully saturated rings. The van der Waals surface area contributed by atoms with Crippen molar-refractivity contribution < 1.29 is 9.18 Å². The number of benzene rings is 1. The third kappa shape index (κ3) is 3.29. The molecule has 3 rings (SSSR count). The van der Waals surface area contributed by atoms with Crippen LogP contribution in [0.3, 0.4) is 0 Å². The van der Waals surface area contributed by atoms with Crippen LogP contribution in [-0.2, 0) is 4.79 Å². The Bertz CT molecular complexity index is 747. The topological polar surface area (TPSA) is 61.4 Å². The van der Waals surface area contributed by atoms with Crippen molar-refractivity contribution in [2.24, 2.45) is 0 Å². The van der Waals surface area contributed by atoms with Gasteiger partial charge in [0.25, 0.3) is 0 Å². The molecule has 0 radical (unpaired) electrons. The zero-order valence-corrected chi connectivity index (χ0v) is 14.0. The normalized spacial score (nSPS) is 17.2. The molecule has 1 aromatic carbocycles. The van der Waals surface area contributed by atoms with Crippen molar-refractivity contribution >= 4 is 23.4 Å². The minimum atomic E-state index is -0.477. The average Bonchev–Trinajstić information content (AvgIpc) is 2.90. The van der Waals surface area contributed by atoms with E-state index in [9.17, 15) is 9.18 Å². The molecule has 1 saturated heterocycles. The van der Waals surface area contributed by atoms with E-state index < -0.39 is 5.82 Å². The SMILES string of the molecule is Cc1ccc(N2CC(Nc3ncc(F)c(N(C)C)n3)CC2=O)cc1. The summed E-state index contributed by atoms with van der Waals surface area (Å²) in [5.74, 6) is 0.108. The van der Waals surface area contributed by atoms with Gasteiger partial charge in [-0.2, -0.15) is 4.98 Å². The molecule has 24 heavy (non-hydrogen) atoms. The number of carbonyl (C=O) groups excluding carboxylic acids is 1. The highest BCUT2D eigenvalue weighted by molar-refractivity contribution is 5.96. The number of anilines is 3. The van der Waals surface area contributed by atoms with Crippen molar-refractivity contribution in [2.45, 2.75) is 19.4 Å². The van der Waals surface area contributed by atoms with Gasteiger partial charge in [-0.3, -0.25) is 4.79 Å². The summed E-state index contributed by atoms with van der Waals surface area (Å²) in [6, 6.07) is 7.73. The van der Waals surface area contributed by atoms with Crippen LogP contribution in [0.15, 0.2) is 30.5 Å². The van der Waals surface area contributed by atoms with Crippen molar-refractivity contribution in [3.63, 3.8) is 0 Å². The maximum atomic E-state index is 13.7. The first kappa shape index (κ1) is 16.2. The molecule has 1 aromatic heterocycles. The highest BCUT2D eigenvalue weighted by Crippen LogP contribution is 2.24. The van der Waals surface area contributed by atoms with Gasteiger partial charge in [0.2, 0.25) is 11.9 Å². The largest absolute Gasteiger partial charge is 0.360 e. The van der Waals surface area contributed by atoms with E-state index >= 15 is 0 Å². The summed E-state index contributed by atoms with van der Waals surface area (Å²) in [7, 11) is 3.43. The Morgan fingerprint density at radius 3 is 2.67 bits per heavy atom. The number of nitrogens with zero attached hydrogens (tertiary/aromatic N) is 4. The highest BCUT2D eigenvalue weighted by Gasteiger charge is 2.31. The lowest BCUT2D eigenvalue weighted by Crippen LogP contribution is -2.28. The maximum absolute atomic E-state index is 13.7. The molecule has 1 unspecified atom stereocenters. The Kier molecular flexibility index (Phi) is 4.33. The molecular weight excluding hydrogens is 309 g/mol. The first-order valence-corrected chi connectivity index (χ1v) is 7.77. The van der Waals surface area contributed by atoms with Crippen LogP contribution in [0, 0.1) is 12.7 Å². The minimum Gasteiger partial charge on any atom is -0.360 e. The van der Waals surface area contributed by atoms with Crippen LogP contribution in [0.25, 0.3) is 0 Å². The van der Waals surface area contributed by atoms with Gasteiger partial charge in [0.15, 0.2) is 11.6 Å². The highest BCUT2D eigenvalue weighted by atomic mass is 19.1. The van der Waals surface area contributed by atoms with Crippen molar-refractivity contribution in [3.8, 4) is 0 Å². The summed E-state index contributed by atoms with van der Waals surface area (Å²) >= 11 is 0. The quantitative estimate of drug-likeness (QED) is 0.932. The number of carbonyl (C=O) groups is 1. The smallest absolute Gasteiger partial charge is 0.229 e. The average molecular weight is 329 g/mol. The molecule has 1 aliphatic heterocycles.